The van der Waals surface area contributed by atoms with Gasteiger partial charge in [-0.15, -0.1) is 0 Å². The van der Waals surface area contributed by atoms with Crippen LogP contribution in [0.3, 0.4) is 0 Å². The van der Waals surface area contributed by atoms with Crippen molar-refractivity contribution in [3.63, 3.8) is 0 Å². The number of carbonyl (C=O) groups excluding carboxylic acids is 2. The van der Waals surface area contributed by atoms with Crippen molar-refractivity contribution < 1.29 is 9.59 Å². The lowest BCUT2D eigenvalue weighted by Gasteiger charge is -2.09. The van der Waals surface area contributed by atoms with Crippen LogP contribution in [0.15, 0.2) is 18.2 Å². The molecular weight excluding hydrogens is 204 g/mol. The molecule has 0 aliphatic rings. The number of hydrogen-bond acceptors (Lipinski definition) is 2. The summed E-state index contributed by atoms with van der Waals surface area (Å²) < 4.78 is 0. The highest BCUT2D eigenvalue weighted by Crippen LogP contribution is 2.17. The van der Waals surface area contributed by atoms with Gasteiger partial charge in [-0.25, -0.2) is 0 Å². The van der Waals surface area contributed by atoms with E-state index in [2.05, 4.69) is 5.32 Å². The van der Waals surface area contributed by atoms with Crippen LogP contribution in [0.1, 0.15) is 35.7 Å². The number of benzene rings is 1. The number of nitrogens with two attached hydrogens (primary N) is 1. The van der Waals surface area contributed by atoms with Crippen LogP contribution in [0.5, 0.6) is 0 Å². The third-order valence-electron chi connectivity index (χ3n) is 2.19. The van der Waals surface area contributed by atoms with Crippen molar-refractivity contribution in [1.29, 1.82) is 0 Å². The Balaban J connectivity index is 2.96. The van der Waals surface area contributed by atoms with Crippen molar-refractivity contribution in [2.24, 2.45) is 5.73 Å². The number of amides is 2. The molecule has 0 saturated carbocycles. The second kappa shape index (κ2) is 5.30. The summed E-state index contributed by atoms with van der Waals surface area (Å²) in [6.07, 6.45) is 1.20. The van der Waals surface area contributed by atoms with Crippen molar-refractivity contribution >= 4 is 17.5 Å². The maximum absolute atomic E-state index is 11.4. The first-order valence-electron chi connectivity index (χ1n) is 5.25. The minimum atomic E-state index is -0.535. The number of nitrogens with one attached hydrogen (secondary N) is 1. The summed E-state index contributed by atoms with van der Waals surface area (Å²) in [7, 11) is 0. The second-order valence-electron chi connectivity index (χ2n) is 3.71. The first kappa shape index (κ1) is 12.2. The van der Waals surface area contributed by atoms with E-state index in [0.29, 0.717) is 17.7 Å². The molecule has 0 fully saturated rings. The van der Waals surface area contributed by atoms with Crippen molar-refractivity contribution in [2.45, 2.75) is 26.7 Å². The molecule has 0 bridgehead atoms. The van der Waals surface area contributed by atoms with E-state index in [1.54, 1.807) is 18.2 Å². The zero-order valence-corrected chi connectivity index (χ0v) is 9.54. The van der Waals surface area contributed by atoms with Gasteiger partial charge in [-0.3, -0.25) is 9.59 Å². The van der Waals surface area contributed by atoms with E-state index in [1.165, 1.54) is 0 Å². The average molecular weight is 220 g/mol. The molecule has 4 heteroatoms. The minimum absolute atomic E-state index is 0.101. The van der Waals surface area contributed by atoms with Crippen LogP contribution in [-0.4, -0.2) is 11.8 Å². The Hall–Kier alpha value is -1.84. The fourth-order valence-electron chi connectivity index (χ4n) is 1.42. The number of hydrogen-bond donors (Lipinski definition) is 2. The minimum Gasteiger partial charge on any atom is -0.366 e. The molecule has 0 atom stereocenters. The van der Waals surface area contributed by atoms with Crippen molar-refractivity contribution in [3.8, 4) is 0 Å². The summed E-state index contributed by atoms with van der Waals surface area (Å²) in [5.74, 6) is -0.637. The predicted molar refractivity (Wildman–Crippen MR) is 63.2 cm³/mol. The SMILES string of the molecule is CCCC(=O)Nc1cc(C)ccc1C(N)=O. The number of primary amides is 1. The lowest BCUT2D eigenvalue weighted by Crippen LogP contribution is -2.18. The predicted octanol–water partition coefficient (Wildman–Crippen LogP) is 1.83. The molecule has 0 heterocycles. The van der Waals surface area contributed by atoms with Gasteiger partial charge in [-0.1, -0.05) is 13.0 Å². The smallest absolute Gasteiger partial charge is 0.250 e. The summed E-state index contributed by atoms with van der Waals surface area (Å²) >= 11 is 0. The zero-order valence-electron chi connectivity index (χ0n) is 9.54. The van der Waals surface area contributed by atoms with Crippen LogP contribution >= 0.6 is 0 Å². The zero-order chi connectivity index (χ0) is 12.1. The lowest BCUT2D eigenvalue weighted by molar-refractivity contribution is -0.116. The number of carbonyl (C=O) groups is 2. The first-order chi connectivity index (χ1) is 7.54. The van der Waals surface area contributed by atoms with E-state index in [4.69, 9.17) is 5.73 Å². The number of aryl methyl sites for hydroxylation is 1. The molecule has 0 saturated heterocycles. The van der Waals surface area contributed by atoms with Crippen molar-refractivity contribution in [2.75, 3.05) is 5.32 Å². The van der Waals surface area contributed by atoms with E-state index in [-0.39, 0.29) is 5.91 Å². The number of rotatable bonds is 4. The first-order valence-corrected chi connectivity index (χ1v) is 5.25. The monoisotopic (exact) mass is 220 g/mol. The molecule has 0 radical (unpaired) electrons. The molecule has 2 amide bonds. The molecule has 4 nitrogen and oxygen atoms in total. The Labute approximate surface area is 94.8 Å². The van der Waals surface area contributed by atoms with Gasteiger partial charge >= 0.3 is 0 Å². The van der Waals surface area contributed by atoms with Crippen LogP contribution in [-0.2, 0) is 4.79 Å². The highest BCUT2D eigenvalue weighted by atomic mass is 16.2. The van der Waals surface area contributed by atoms with Crippen molar-refractivity contribution in [1.82, 2.24) is 0 Å². The van der Waals surface area contributed by atoms with Gasteiger partial charge in [-0.05, 0) is 31.0 Å². The second-order valence-corrected chi connectivity index (χ2v) is 3.71. The standard InChI is InChI=1S/C12H16N2O2/c1-3-4-11(15)14-10-7-8(2)5-6-9(10)12(13)16/h5-7H,3-4H2,1-2H3,(H2,13,16)(H,14,15). The van der Waals surface area contributed by atoms with Gasteiger partial charge in [0.25, 0.3) is 5.91 Å². The van der Waals surface area contributed by atoms with Gasteiger partial charge in [0.1, 0.15) is 0 Å². The molecule has 0 aliphatic carbocycles. The maximum Gasteiger partial charge on any atom is 0.250 e. The summed E-state index contributed by atoms with van der Waals surface area (Å²) in [6.45, 7) is 3.81. The molecule has 16 heavy (non-hydrogen) atoms. The van der Waals surface area contributed by atoms with Crippen LogP contribution in [0.2, 0.25) is 0 Å². The van der Waals surface area contributed by atoms with Gasteiger partial charge in [0.05, 0.1) is 11.3 Å². The molecule has 0 aromatic heterocycles. The molecule has 0 spiro atoms. The third kappa shape index (κ3) is 3.08. The fraction of sp³-hybridized carbons (Fsp3) is 0.333. The maximum atomic E-state index is 11.4. The van der Waals surface area contributed by atoms with Gasteiger partial charge in [0.2, 0.25) is 5.91 Å². The van der Waals surface area contributed by atoms with E-state index in [9.17, 15) is 9.59 Å². The Morgan fingerprint density at radius 2 is 2.06 bits per heavy atom. The molecule has 0 aliphatic heterocycles. The van der Waals surface area contributed by atoms with Gasteiger partial charge in [0.15, 0.2) is 0 Å². The lowest BCUT2D eigenvalue weighted by atomic mass is 10.1. The van der Waals surface area contributed by atoms with Gasteiger partial charge in [-0.2, -0.15) is 0 Å². The van der Waals surface area contributed by atoms with E-state index in [0.717, 1.165) is 12.0 Å². The Bertz CT molecular complexity index is 413. The van der Waals surface area contributed by atoms with Crippen molar-refractivity contribution in [3.05, 3.63) is 29.3 Å². The highest BCUT2D eigenvalue weighted by molar-refractivity contribution is 6.03. The van der Waals surface area contributed by atoms with Crippen LogP contribution in [0, 0.1) is 6.92 Å². The van der Waals surface area contributed by atoms with E-state index in [1.807, 2.05) is 13.8 Å². The normalized spacial score (nSPS) is 9.88. The van der Waals surface area contributed by atoms with Crippen LogP contribution in [0.25, 0.3) is 0 Å². The molecule has 3 N–H and O–H groups in total. The Kier molecular flexibility index (Phi) is 4.05. The molecule has 1 aromatic carbocycles. The molecule has 1 aromatic rings. The summed E-state index contributed by atoms with van der Waals surface area (Å²) in [6, 6.07) is 5.16. The van der Waals surface area contributed by atoms with Crippen LogP contribution < -0.4 is 11.1 Å². The largest absolute Gasteiger partial charge is 0.366 e. The topological polar surface area (TPSA) is 72.2 Å². The average Bonchev–Trinajstić information content (AvgIpc) is 2.17. The molecule has 1 rings (SSSR count). The third-order valence-corrected chi connectivity index (χ3v) is 2.19. The Morgan fingerprint density at radius 3 is 2.62 bits per heavy atom. The van der Waals surface area contributed by atoms with Gasteiger partial charge < -0.3 is 11.1 Å². The summed E-state index contributed by atoms with van der Waals surface area (Å²) in [5, 5.41) is 2.69. The van der Waals surface area contributed by atoms with E-state index >= 15 is 0 Å². The van der Waals surface area contributed by atoms with Crippen LogP contribution in [0.4, 0.5) is 5.69 Å². The number of anilines is 1. The summed E-state index contributed by atoms with van der Waals surface area (Å²) in [4.78, 5) is 22.6. The molecule has 86 valence electrons. The molecular formula is C12H16N2O2. The molecule has 0 unspecified atom stereocenters. The summed E-state index contributed by atoms with van der Waals surface area (Å²) in [5.41, 5.74) is 7.03. The quantitative estimate of drug-likeness (QED) is 0.812. The van der Waals surface area contributed by atoms with E-state index < -0.39 is 5.91 Å². The highest BCUT2D eigenvalue weighted by Gasteiger charge is 2.10. The Morgan fingerprint density at radius 1 is 1.38 bits per heavy atom. The van der Waals surface area contributed by atoms with Gasteiger partial charge in [0, 0.05) is 6.42 Å². The fourth-order valence-corrected chi connectivity index (χ4v) is 1.42.